The number of carbonyl (C=O) groups is 2. The fourth-order valence-corrected chi connectivity index (χ4v) is 4.02. The molecule has 0 radical (unpaired) electrons. The molecule has 2 heterocycles. The molecule has 1 aliphatic carbocycles. The van der Waals surface area contributed by atoms with Gasteiger partial charge >= 0.3 is 0 Å². The number of hydrogen-bond acceptors (Lipinski definition) is 4. The molecule has 3 fully saturated rings. The molecule has 5 heteroatoms. The van der Waals surface area contributed by atoms with E-state index in [1.807, 2.05) is 0 Å². The Hall–Kier alpha value is -0.940. The van der Waals surface area contributed by atoms with Gasteiger partial charge in [0, 0.05) is 25.1 Å². The maximum atomic E-state index is 12.5. The Labute approximate surface area is 126 Å². The molecule has 0 aromatic carbocycles. The van der Waals surface area contributed by atoms with E-state index < -0.39 is 0 Å². The van der Waals surface area contributed by atoms with E-state index in [9.17, 15) is 9.59 Å². The van der Waals surface area contributed by atoms with Crippen LogP contribution in [0.5, 0.6) is 0 Å². The summed E-state index contributed by atoms with van der Waals surface area (Å²) < 4.78 is 5.48. The quantitative estimate of drug-likeness (QED) is 0.747. The molecule has 5 nitrogen and oxygen atoms in total. The van der Waals surface area contributed by atoms with Crippen LogP contribution in [0.15, 0.2) is 0 Å². The fraction of sp³-hybridized carbons (Fsp3) is 0.875. The molecule has 0 bridgehead atoms. The molecule has 0 aromatic heterocycles. The third-order valence-electron chi connectivity index (χ3n) is 5.25. The van der Waals surface area contributed by atoms with E-state index in [1.54, 1.807) is 4.90 Å². The van der Waals surface area contributed by atoms with Crippen LogP contribution in [-0.2, 0) is 14.3 Å². The SMILES string of the molecule is CCCNC(CN1C(=O)C2CCCC2C1=O)C1CCOC1. The Morgan fingerprint density at radius 1 is 1.24 bits per heavy atom. The molecule has 118 valence electrons. The van der Waals surface area contributed by atoms with Gasteiger partial charge in [0.05, 0.1) is 18.4 Å². The molecule has 1 saturated carbocycles. The number of ether oxygens (including phenoxy) is 1. The molecule has 0 spiro atoms. The average Bonchev–Trinajstić information content (AvgIpc) is 3.20. The molecule has 21 heavy (non-hydrogen) atoms. The minimum absolute atomic E-state index is 0.0239. The number of nitrogens with one attached hydrogen (secondary N) is 1. The van der Waals surface area contributed by atoms with Gasteiger partial charge in [-0.3, -0.25) is 14.5 Å². The second-order valence-electron chi connectivity index (χ2n) is 6.62. The first kappa shape index (κ1) is 15.0. The van der Waals surface area contributed by atoms with Crippen LogP contribution in [-0.4, -0.2) is 49.1 Å². The summed E-state index contributed by atoms with van der Waals surface area (Å²) in [7, 11) is 0. The monoisotopic (exact) mass is 294 g/mol. The Balaban J connectivity index is 1.67. The van der Waals surface area contributed by atoms with Crippen molar-refractivity contribution >= 4 is 11.8 Å². The van der Waals surface area contributed by atoms with Crippen molar-refractivity contribution in [1.29, 1.82) is 0 Å². The zero-order valence-electron chi connectivity index (χ0n) is 12.8. The fourth-order valence-electron chi connectivity index (χ4n) is 4.02. The van der Waals surface area contributed by atoms with Crippen molar-refractivity contribution in [3.8, 4) is 0 Å². The second kappa shape index (κ2) is 6.44. The van der Waals surface area contributed by atoms with Crippen molar-refractivity contribution in [2.75, 3.05) is 26.3 Å². The van der Waals surface area contributed by atoms with E-state index in [1.165, 1.54) is 0 Å². The van der Waals surface area contributed by atoms with Gasteiger partial charge in [-0.1, -0.05) is 13.3 Å². The molecule has 3 aliphatic rings. The Morgan fingerprint density at radius 2 is 1.95 bits per heavy atom. The highest BCUT2D eigenvalue weighted by Crippen LogP contribution is 2.40. The predicted molar refractivity (Wildman–Crippen MR) is 78.6 cm³/mol. The van der Waals surface area contributed by atoms with Crippen LogP contribution in [0, 0.1) is 17.8 Å². The summed E-state index contributed by atoms with van der Waals surface area (Å²) in [4.78, 5) is 26.5. The van der Waals surface area contributed by atoms with Gasteiger partial charge in [0.15, 0.2) is 0 Å². The number of amides is 2. The molecule has 4 unspecified atom stereocenters. The molecule has 1 N–H and O–H groups in total. The summed E-state index contributed by atoms with van der Waals surface area (Å²) in [5, 5.41) is 3.52. The van der Waals surface area contributed by atoms with Gasteiger partial charge < -0.3 is 10.1 Å². The van der Waals surface area contributed by atoms with E-state index in [0.29, 0.717) is 12.5 Å². The molecule has 0 aromatic rings. The summed E-state index contributed by atoms with van der Waals surface area (Å²) in [6.45, 7) is 5.11. The van der Waals surface area contributed by atoms with Crippen molar-refractivity contribution in [2.24, 2.45) is 17.8 Å². The van der Waals surface area contributed by atoms with E-state index in [4.69, 9.17) is 4.74 Å². The van der Waals surface area contributed by atoms with Crippen LogP contribution >= 0.6 is 0 Å². The Kier molecular flexibility index (Phi) is 4.60. The third kappa shape index (κ3) is 2.86. The highest BCUT2D eigenvalue weighted by Gasteiger charge is 2.50. The average molecular weight is 294 g/mol. The first-order valence-corrected chi connectivity index (χ1v) is 8.38. The number of carbonyl (C=O) groups excluding carboxylic acids is 2. The number of imide groups is 1. The Morgan fingerprint density at radius 3 is 2.52 bits per heavy atom. The van der Waals surface area contributed by atoms with Gasteiger partial charge in [0.2, 0.25) is 11.8 Å². The number of fused-ring (bicyclic) bond motifs is 1. The van der Waals surface area contributed by atoms with E-state index in [0.717, 1.165) is 51.9 Å². The summed E-state index contributed by atoms with van der Waals surface area (Å²) in [5.74, 6) is 0.514. The molecule has 4 atom stereocenters. The zero-order chi connectivity index (χ0) is 14.8. The van der Waals surface area contributed by atoms with Crippen LogP contribution < -0.4 is 5.32 Å². The molecular formula is C16H26N2O3. The van der Waals surface area contributed by atoms with Crippen molar-refractivity contribution < 1.29 is 14.3 Å². The minimum Gasteiger partial charge on any atom is -0.381 e. The van der Waals surface area contributed by atoms with Crippen LogP contribution in [0.1, 0.15) is 39.0 Å². The predicted octanol–water partition coefficient (Wildman–Crippen LogP) is 1.18. The highest BCUT2D eigenvalue weighted by atomic mass is 16.5. The first-order valence-electron chi connectivity index (χ1n) is 8.38. The van der Waals surface area contributed by atoms with Gasteiger partial charge in [-0.25, -0.2) is 0 Å². The van der Waals surface area contributed by atoms with Crippen molar-refractivity contribution in [3.63, 3.8) is 0 Å². The molecular weight excluding hydrogens is 268 g/mol. The van der Waals surface area contributed by atoms with Crippen molar-refractivity contribution in [3.05, 3.63) is 0 Å². The van der Waals surface area contributed by atoms with Crippen molar-refractivity contribution in [2.45, 2.75) is 45.1 Å². The smallest absolute Gasteiger partial charge is 0.233 e. The van der Waals surface area contributed by atoms with Gasteiger partial charge in [-0.2, -0.15) is 0 Å². The minimum atomic E-state index is -0.0239. The molecule has 2 amide bonds. The second-order valence-corrected chi connectivity index (χ2v) is 6.62. The van der Waals surface area contributed by atoms with Crippen LogP contribution in [0.3, 0.4) is 0 Å². The largest absolute Gasteiger partial charge is 0.381 e. The van der Waals surface area contributed by atoms with Gasteiger partial charge in [0.25, 0.3) is 0 Å². The zero-order valence-corrected chi connectivity index (χ0v) is 12.8. The molecule has 3 rings (SSSR count). The lowest BCUT2D eigenvalue weighted by atomic mass is 9.98. The van der Waals surface area contributed by atoms with Crippen LogP contribution in [0.2, 0.25) is 0 Å². The number of likely N-dealkylation sites (tertiary alicyclic amines) is 1. The van der Waals surface area contributed by atoms with Gasteiger partial charge in [-0.15, -0.1) is 0 Å². The van der Waals surface area contributed by atoms with E-state index >= 15 is 0 Å². The lowest BCUT2D eigenvalue weighted by molar-refractivity contribution is -0.141. The highest BCUT2D eigenvalue weighted by molar-refractivity contribution is 6.05. The third-order valence-corrected chi connectivity index (χ3v) is 5.25. The standard InChI is InChI=1S/C16H26N2O3/c1-2-7-17-14(11-6-8-21-10-11)9-18-15(19)12-4-3-5-13(12)16(18)20/h11-14,17H,2-10H2,1H3. The summed E-state index contributed by atoms with van der Waals surface area (Å²) in [5.41, 5.74) is 0. The summed E-state index contributed by atoms with van der Waals surface area (Å²) in [6.07, 6.45) is 4.88. The van der Waals surface area contributed by atoms with E-state index in [2.05, 4.69) is 12.2 Å². The number of rotatable bonds is 6. The Bertz CT molecular complexity index is 384. The topological polar surface area (TPSA) is 58.6 Å². The van der Waals surface area contributed by atoms with Crippen molar-refractivity contribution in [1.82, 2.24) is 10.2 Å². The maximum absolute atomic E-state index is 12.5. The lowest BCUT2D eigenvalue weighted by Crippen LogP contribution is -2.48. The van der Waals surface area contributed by atoms with Gasteiger partial charge in [0.1, 0.15) is 0 Å². The van der Waals surface area contributed by atoms with Gasteiger partial charge in [-0.05, 0) is 32.2 Å². The molecule has 2 aliphatic heterocycles. The lowest BCUT2D eigenvalue weighted by Gasteiger charge is -2.28. The number of hydrogen-bond donors (Lipinski definition) is 1. The number of nitrogens with zero attached hydrogens (tertiary/aromatic N) is 1. The first-order chi connectivity index (χ1) is 10.2. The molecule has 2 saturated heterocycles. The van der Waals surface area contributed by atoms with E-state index in [-0.39, 0.29) is 29.7 Å². The normalized spacial score (nSPS) is 33.8. The summed E-state index contributed by atoms with van der Waals surface area (Å²) in [6, 6.07) is 0.180. The van der Waals surface area contributed by atoms with Crippen LogP contribution in [0.25, 0.3) is 0 Å². The summed E-state index contributed by atoms with van der Waals surface area (Å²) >= 11 is 0. The maximum Gasteiger partial charge on any atom is 0.233 e. The van der Waals surface area contributed by atoms with Crippen LogP contribution in [0.4, 0.5) is 0 Å².